The van der Waals surface area contributed by atoms with E-state index in [1.165, 1.54) is 0 Å². The van der Waals surface area contributed by atoms with Crippen LogP contribution in [0.5, 0.6) is 0 Å². The highest BCUT2D eigenvalue weighted by Crippen LogP contribution is 2.38. The van der Waals surface area contributed by atoms with Crippen LogP contribution >= 0.6 is 0 Å². The van der Waals surface area contributed by atoms with Crippen LogP contribution in [0.3, 0.4) is 0 Å². The Labute approximate surface area is 88.3 Å². The minimum Gasteiger partial charge on any atom is -0.460 e. The van der Waals surface area contributed by atoms with Crippen molar-refractivity contribution in [3.8, 4) is 0 Å². The van der Waals surface area contributed by atoms with Gasteiger partial charge in [0.25, 0.3) is 0 Å². The fourth-order valence-electron chi connectivity index (χ4n) is 1.43. The molecule has 2 unspecified atom stereocenters. The van der Waals surface area contributed by atoms with Gasteiger partial charge in [-0.2, -0.15) is 0 Å². The van der Waals surface area contributed by atoms with Crippen molar-refractivity contribution >= 4 is 5.97 Å². The summed E-state index contributed by atoms with van der Waals surface area (Å²) in [5.74, 6) is -0.405. The van der Waals surface area contributed by atoms with Gasteiger partial charge in [-0.05, 0) is 5.56 Å². The molecule has 1 aromatic carbocycles. The Morgan fingerprint density at radius 1 is 1.47 bits per heavy atom. The fourth-order valence-corrected chi connectivity index (χ4v) is 1.43. The van der Waals surface area contributed by atoms with Crippen LogP contribution in [0.1, 0.15) is 11.7 Å². The Bertz CT molecular complexity index is 358. The topological polar surface area (TPSA) is 38.8 Å². The van der Waals surface area contributed by atoms with E-state index in [-0.39, 0.29) is 12.2 Å². The molecular formula is C12H12O3. The second-order valence-electron chi connectivity index (χ2n) is 3.34. The molecule has 3 heteroatoms. The zero-order valence-electron chi connectivity index (χ0n) is 8.26. The van der Waals surface area contributed by atoms with Crippen LogP contribution in [-0.2, 0) is 14.3 Å². The lowest BCUT2D eigenvalue weighted by molar-refractivity contribution is -0.138. The summed E-state index contributed by atoms with van der Waals surface area (Å²) in [5.41, 5.74) is 1.12. The molecule has 2 atom stereocenters. The lowest BCUT2D eigenvalue weighted by Gasteiger charge is -1.97. The monoisotopic (exact) mass is 204 g/mol. The Morgan fingerprint density at radius 3 is 2.87 bits per heavy atom. The highest BCUT2D eigenvalue weighted by Gasteiger charge is 2.40. The Morgan fingerprint density at radius 2 is 2.20 bits per heavy atom. The molecule has 1 aromatic rings. The maximum Gasteiger partial charge on any atom is 0.330 e. The third-order valence-electron chi connectivity index (χ3n) is 2.27. The minimum absolute atomic E-state index is 0.00343. The average molecular weight is 204 g/mol. The predicted octanol–water partition coefficient (Wildman–Crippen LogP) is 1.86. The highest BCUT2D eigenvalue weighted by atomic mass is 16.6. The van der Waals surface area contributed by atoms with E-state index < -0.39 is 5.97 Å². The van der Waals surface area contributed by atoms with Gasteiger partial charge >= 0.3 is 5.97 Å². The van der Waals surface area contributed by atoms with E-state index in [4.69, 9.17) is 9.47 Å². The normalized spacial score (nSPS) is 23.2. The smallest absolute Gasteiger partial charge is 0.330 e. The zero-order chi connectivity index (χ0) is 10.7. The van der Waals surface area contributed by atoms with Crippen molar-refractivity contribution in [1.82, 2.24) is 0 Å². The molecule has 0 aliphatic carbocycles. The predicted molar refractivity (Wildman–Crippen MR) is 55.2 cm³/mol. The van der Waals surface area contributed by atoms with E-state index in [0.29, 0.717) is 6.61 Å². The molecule has 15 heavy (non-hydrogen) atoms. The van der Waals surface area contributed by atoms with Gasteiger partial charge in [0.1, 0.15) is 18.8 Å². The molecule has 0 amide bonds. The van der Waals surface area contributed by atoms with Gasteiger partial charge in [0.05, 0.1) is 0 Å². The SMILES string of the molecule is C=CC(=O)OCC1OC1c1ccccc1. The van der Waals surface area contributed by atoms with Crippen molar-refractivity contribution in [1.29, 1.82) is 0 Å². The molecule has 0 aromatic heterocycles. The molecule has 0 bridgehead atoms. The maximum absolute atomic E-state index is 10.8. The molecule has 3 nitrogen and oxygen atoms in total. The molecule has 1 aliphatic rings. The number of benzene rings is 1. The number of rotatable bonds is 4. The highest BCUT2D eigenvalue weighted by molar-refractivity contribution is 5.81. The largest absolute Gasteiger partial charge is 0.460 e. The first-order valence-corrected chi connectivity index (χ1v) is 4.81. The van der Waals surface area contributed by atoms with Crippen molar-refractivity contribution in [2.24, 2.45) is 0 Å². The number of epoxide rings is 1. The van der Waals surface area contributed by atoms with Crippen molar-refractivity contribution in [2.75, 3.05) is 6.61 Å². The first-order chi connectivity index (χ1) is 7.31. The van der Waals surface area contributed by atoms with Gasteiger partial charge in [0.2, 0.25) is 0 Å². The number of hydrogen-bond acceptors (Lipinski definition) is 3. The molecule has 0 N–H and O–H groups in total. The Hall–Kier alpha value is -1.61. The van der Waals surface area contributed by atoms with E-state index in [9.17, 15) is 4.79 Å². The lowest BCUT2D eigenvalue weighted by atomic mass is 10.1. The van der Waals surface area contributed by atoms with Gasteiger partial charge in [0, 0.05) is 6.08 Å². The number of esters is 1. The van der Waals surface area contributed by atoms with Crippen LogP contribution in [0.15, 0.2) is 43.0 Å². The van der Waals surface area contributed by atoms with Gasteiger partial charge in [0.15, 0.2) is 0 Å². The molecular weight excluding hydrogens is 192 g/mol. The number of hydrogen-bond donors (Lipinski definition) is 0. The van der Waals surface area contributed by atoms with Gasteiger partial charge in [-0.3, -0.25) is 0 Å². The molecule has 0 spiro atoms. The first-order valence-electron chi connectivity index (χ1n) is 4.81. The van der Waals surface area contributed by atoms with Crippen molar-refractivity contribution < 1.29 is 14.3 Å². The third-order valence-corrected chi connectivity index (χ3v) is 2.27. The molecule has 78 valence electrons. The summed E-state index contributed by atoms with van der Waals surface area (Å²) >= 11 is 0. The summed E-state index contributed by atoms with van der Waals surface area (Å²) in [5, 5.41) is 0. The summed E-state index contributed by atoms with van der Waals surface area (Å²) < 4.78 is 10.3. The van der Waals surface area contributed by atoms with E-state index >= 15 is 0 Å². The summed E-state index contributed by atoms with van der Waals surface area (Å²) in [7, 11) is 0. The van der Waals surface area contributed by atoms with Gasteiger partial charge in [-0.15, -0.1) is 0 Å². The number of carbonyl (C=O) groups excluding carboxylic acids is 1. The molecule has 1 aliphatic heterocycles. The summed E-state index contributed by atoms with van der Waals surface area (Å²) in [6.07, 6.45) is 1.22. The van der Waals surface area contributed by atoms with Crippen LogP contribution in [0, 0.1) is 0 Å². The van der Waals surface area contributed by atoms with Crippen LogP contribution in [0.4, 0.5) is 0 Å². The third kappa shape index (κ3) is 2.44. The van der Waals surface area contributed by atoms with Gasteiger partial charge in [-0.25, -0.2) is 4.79 Å². The minimum atomic E-state index is -0.405. The second-order valence-corrected chi connectivity index (χ2v) is 3.34. The van der Waals surface area contributed by atoms with E-state index in [0.717, 1.165) is 11.6 Å². The maximum atomic E-state index is 10.8. The summed E-state index contributed by atoms with van der Waals surface area (Å²) in [6, 6.07) is 9.88. The number of carbonyl (C=O) groups is 1. The van der Waals surface area contributed by atoms with Crippen molar-refractivity contribution in [3.63, 3.8) is 0 Å². The van der Waals surface area contributed by atoms with E-state index in [2.05, 4.69) is 6.58 Å². The Balaban J connectivity index is 1.82. The Kier molecular flexibility index (Phi) is 2.83. The molecule has 1 saturated heterocycles. The second kappa shape index (κ2) is 4.28. The molecule has 0 radical (unpaired) electrons. The molecule has 1 fully saturated rings. The van der Waals surface area contributed by atoms with Crippen molar-refractivity contribution in [3.05, 3.63) is 48.6 Å². The molecule has 1 heterocycles. The van der Waals surface area contributed by atoms with Crippen LogP contribution in [0.25, 0.3) is 0 Å². The van der Waals surface area contributed by atoms with Gasteiger partial charge in [-0.1, -0.05) is 36.9 Å². The summed E-state index contributed by atoms with van der Waals surface area (Å²) in [6.45, 7) is 3.62. The standard InChI is InChI=1S/C12H12O3/c1-2-11(13)14-8-10-12(15-10)9-6-4-3-5-7-9/h2-7,10,12H,1,8H2. The zero-order valence-corrected chi connectivity index (χ0v) is 8.26. The van der Waals surface area contributed by atoms with Crippen LogP contribution in [0.2, 0.25) is 0 Å². The quantitative estimate of drug-likeness (QED) is 0.427. The summed E-state index contributed by atoms with van der Waals surface area (Å²) in [4.78, 5) is 10.8. The fraction of sp³-hybridized carbons (Fsp3) is 0.250. The first kappa shape index (κ1) is 9.93. The van der Waals surface area contributed by atoms with Crippen molar-refractivity contribution in [2.45, 2.75) is 12.2 Å². The lowest BCUT2D eigenvalue weighted by Crippen LogP contribution is -2.07. The molecule has 0 saturated carbocycles. The number of ether oxygens (including phenoxy) is 2. The van der Waals surface area contributed by atoms with Crippen LogP contribution in [-0.4, -0.2) is 18.7 Å². The average Bonchev–Trinajstić information content (AvgIpc) is 3.06. The van der Waals surface area contributed by atoms with E-state index in [1.807, 2.05) is 30.3 Å². The van der Waals surface area contributed by atoms with E-state index in [1.54, 1.807) is 0 Å². The van der Waals surface area contributed by atoms with Gasteiger partial charge < -0.3 is 9.47 Å². The van der Waals surface area contributed by atoms with Crippen LogP contribution < -0.4 is 0 Å². The molecule has 2 rings (SSSR count).